The summed E-state index contributed by atoms with van der Waals surface area (Å²) in [4.78, 5) is 0.0868. The summed E-state index contributed by atoms with van der Waals surface area (Å²) in [5.41, 5.74) is 2.03. The monoisotopic (exact) mass is 347 g/mol. The molecule has 0 spiro atoms. The Bertz CT molecular complexity index is 654. The van der Waals surface area contributed by atoms with Crippen molar-refractivity contribution >= 4 is 33.2 Å². The van der Waals surface area contributed by atoms with E-state index in [1.54, 1.807) is 6.92 Å². The van der Waals surface area contributed by atoms with Gasteiger partial charge in [0.2, 0.25) is 10.0 Å². The molecule has 1 aromatic carbocycles. The molecule has 3 nitrogen and oxygen atoms in total. The predicted octanol–water partition coefficient (Wildman–Crippen LogP) is 4.47. The maximum Gasteiger partial charge on any atom is 0.242 e. The van der Waals surface area contributed by atoms with Crippen LogP contribution in [0.1, 0.15) is 37.7 Å². The van der Waals surface area contributed by atoms with E-state index in [9.17, 15) is 8.42 Å². The highest BCUT2D eigenvalue weighted by atomic mass is 35.5. The van der Waals surface area contributed by atoms with E-state index in [1.807, 2.05) is 0 Å². The lowest BCUT2D eigenvalue weighted by Crippen LogP contribution is -2.25. The zero-order valence-corrected chi connectivity index (χ0v) is 14.3. The van der Waals surface area contributed by atoms with Crippen LogP contribution < -0.4 is 4.72 Å². The van der Waals surface area contributed by atoms with Crippen LogP contribution in [-0.2, 0) is 10.0 Å². The zero-order valence-electron chi connectivity index (χ0n) is 12.0. The SMILES string of the molecule is Cc1cc(S(=O)(=O)NCCC2=CCCCC2)c(Cl)cc1Cl. The number of nitrogens with one attached hydrogen (secondary N) is 1. The summed E-state index contributed by atoms with van der Waals surface area (Å²) in [6, 6.07) is 2.98. The summed E-state index contributed by atoms with van der Waals surface area (Å²) < 4.78 is 27.2. The largest absolute Gasteiger partial charge is 0.242 e. The Hall–Kier alpha value is -0.550. The normalized spacial score (nSPS) is 15.9. The van der Waals surface area contributed by atoms with Crippen molar-refractivity contribution in [2.45, 2.75) is 43.9 Å². The second-order valence-electron chi connectivity index (χ2n) is 5.29. The van der Waals surface area contributed by atoms with Crippen LogP contribution in [0.3, 0.4) is 0 Å². The van der Waals surface area contributed by atoms with Gasteiger partial charge in [-0.15, -0.1) is 0 Å². The van der Waals surface area contributed by atoms with Gasteiger partial charge in [0.25, 0.3) is 0 Å². The van der Waals surface area contributed by atoms with Crippen LogP contribution in [0.4, 0.5) is 0 Å². The highest BCUT2D eigenvalue weighted by molar-refractivity contribution is 7.89. The van der Waals surface area contributed by atoms with E-state index in [-0.39, 0.29) is 9.92 Å². The number of rotatable bonds is 5. The average Bonchev–Trinajstić information content (AvgIpc) is 2.43. The Kier molecular flexibility index (Phi) is 5.72. The minimum atomic E-state index is -3.60. The molecular weight excluding hydrogens is 329 g/mol. The highest BCUT2D eigenvalue weighted by Crippen LogP contribution is 2.28. The Morgan fingerprint density at radius 3 is 2.62 bits per heavy atom. The zero-order chi connectivity index (χ0) is 15.5. The fourth-order valence-corrected chi connectivity index (χ4v) is 4.25. The van der Waals surface area contributed by atoms with Crippen molar-refractivity contribution in [2.75, 3.05) is 6.54 Å². The molecule has 0 atom stereocenters. The molecule has 0 radical (unpaired) electrons. The standard InChI is InChI=1S/C15H19Cl2NO2S/c1-11-9-15(14(17)10-13(11)16)21(19,20)18-8-7-12-5-3-2-4-6-12/h5,9-10,18H,2-4,6-8H2,1H3. The molecule has 0 bridgehead atoms. The van der Waals surface area contributed by atoms with Gasteiger partial charge in [-0.1, -0.05) is 34.9 Å². The Labute approximate surface area is 136 Å². The lowest BCUT2D eigenvalue weighted by molar-refractivity contribution is 0.579. The van der Waals surface area contributed by atoms with Gasteiger partial charge >= 0.3 is 0 Å². The number of allylic oxidation sites excluding steroid dienone is 1. The van der Waals surface area contributed by atoms with Crippen molar-refractivity contribution in [3.63, 3.8) is 0 Å². The van der Waals surface area contributed by atoms with Crippen LogP contribution in [0.5, 0.6) is 0 Å². The Morgan fingerprint density at radius 1 is 1.19 bits per heavy atom. The second kappa shape index (κ2) is 7.14. The third kappa shape index (κ3) is 4.46. The van der Waals surface area contributed by atoms with Crippen LogP contribution in [0, 0.1) is 6.92 Å². The van der Waals surface area contributed by atoms with Crippen LogP contribution in [0.15, 0.2) is 28.7 Å². The number of hydrogen-bond donors (Lipinski definition) is 1. The highest BCUT2D eigenvalue weighted by Gasteiger charge is 2.19. The molecule has 6 heteroatoms. The fraction of sp³-hybridized carbons (Fsp3) is 0.467. The number of aryl methyl sites for hydroxylation is 1. The summed E-state index contributed by atoms with van der Waals surface area (Å²) in [5.74, 6) is 0. The van der Waals surface area contributed by atoms with Gasteiger partial charge in [0.15, 0.2) is 0 Å². The van der Waals surface area contributed by atoms with Crippen molar-refractivity contribution < 1.29 is 8.42 Å². The van der Waals surface area contributed by atoms with E-state index < -0.39 is 10.0 Å². The van der Waals surface area contributed by atoms with Crippen molar-refractivity contribution in [2.24, 2.45) is 0 Å². The van der Waals surface area contributed by atoms with E-state index in [1.165, 1.54) is 30.5 Å². The van der Waals surface area contributed by atoms with Crippen LogP contribution in [0.2, 0.25) is 10.0 Å². The molecule has 1 aliphatic carbocycles. The van der Waals surface area contributed by atoms with Crippen molar-refractivity contribution in [3.8, 4) is 0 Å². The molecule has 0 saturated heterocycles. The number of halogens is 2. The van der Waals surface area contributed by atoms with Gasteiger partial charge in [-0.2, -0.15) is 0 Å². The first kappa shape index (κ1) is 16.8. The van der Waals surface area contributed by atoms with Crippen LogP contribution in [-0.4, -0.2) is 15.0 Å². The van der Waals surface area contributed by atoms with E-state index in [0.29, 0.717) is 17.1 Å². The Balaban J connectivity index is 2.05. The summed E-state index contributed by atoms with van der Waals surface area (Å²) in [6.07, 6.45) is 7.57. The minimum Gasteiger partial charge on any atom is -0.211 e. The third-order valence-corrected chi connectivity index (χ3v) is 5.96. The lowest BCUT2D eigenvalue weighted by atomic mass is 9.97. The molecule has 0 saturated carbocycles. The van der Waals surface area contributed by atoms with Gasteiger partial charge in [0.05, 0.1) is 5.02 Å². The molecular formula is C15H19Cl2NO2S. The van der Waals surface area contributed by atoms with Gasteiger partial charge < -0.3 is 0 Å². The number of hydrogen-bond acceptors (Lipinski definition) is 2. The molecule has 1 aromatic rings. The van der Waals surface area contributed by atoms with Gasteiger partial charge in [0, 0.05) is 11.6 Å². The van der Waals surface area contributed by atoms with Crippen LogP contribution >= 0.6 is 23.2 Å². The molecule has 116 valence electrons. The first-order valence-corrected chi connectivity index (χ1v) is 9.27. The number of sulfonamides is 1. The fourth-order valence-electron chi connectivity index (χ4n) is 2.39. The molecule has 0 amide bonds. The predicted molar refractivity (Wildman–Crippen MR) is 87.6 cm³/mol. The quantitative estimate of drug-likeness (QED) is 0.798. The smallest absolute Gasteiger partial charge is 0.211 e. The molecule has 21 heavy (non-hydrogen) atoms. The van der Waals surface area contributed by atoms with Crippen molar-refractivity contribution in [1.82, 2.24) is 4.72 Å². The molecule has 0 unspecified atom stereocenters. The van der Waals surface area contributed by atoms with E-state index in [2.05, 4.69) is 10.8 Å². The van der Waals surface area contributed by atoms with E-state index in [4.69, 9.17) is 23.2 Å². The maximum absolute atomic E-state index is 12.3. The first-order valence-electron chi connectivity index (χ1n) is 7.03. The molecule has 0 aliphatic heterocycles. The molecule has 1 aliphatic rings. The second-order valence-corrected chi connectivity index (χ2v) is 7.84. The van der Waals surface area contributed by atoms with Gasteiger partial charge in [0.1, 0.15) is 4.90 Å². The molecule has 0 aromatic heterocycles. The van der Waals surface area contributed by atoms with Gasteiger partial charge in [-0.25, -0.2) is 13.1 Å². The van der Waals surface area contributed by atoms with Gasteiger partial charge in [-0.3, -0.25) is 0 Å². The maximum atomic E-state index is 12.3. The molecule has 1 N–H and O–H groups in total. The topological polar surface area (TPSA) is 46.2 Å². The van der Waals surface area contributed by atoms with Crippen molar-refractivity contribution in [3.05, 3.63) is 39.4 Å². The molecule has 2 rings (SSSR count). The molecule has 0 fully saturated rings. The number of benzene rings is 1. The summed E-state index contributed by atoms with van der Waals surface area (Å²) in [6.45, 7) is 2.15. The first-order chi connectivity index (χ1) is 9.90. The Morgan fingerprint density at radius 2 is 1.95 bits per heavy atom. The minimum absolute atomic E-state index is 0.0868. The summed E-state index contributed by atoms with van der Waals surface area (Å²) >= 11 is 11.9. The van der Waals surface area contributed by atoms with E-state index >= 15 is 0 Å². The van der Waals surface area contributed by atoms with E-state index in [0.717, 1.165) is 19.3 Å². The lowest BCUT2D eigenvalue weighted by Gasteiger charge is -2.14. The third-order valence-electron chi connectivity index (χ3n) is 3.63. The summed E-state index contributed by atoms with van der Waals surface area (Å²) in [7, 11) is -3.60. The summed E-state index contributed by atoms with van der Waals surface area (Å²) in [5, 5.41) is 0.612. The van der Waals surface area contributed by atoms with Gasteiger partial charge in [-0.05, 0) is 56.7 Å². The average molecular weight is 348 g/mol. The molecule has 0 heterocycles. The van der Waals surface area contributed by atoms with Crippen molar-refractivity contribution in [1.29, 1.82) is 0 Å². The van der Waals surface area contributed by atoms with Crippen LogP contribution in [0.25, 0.3) is 0 Å².